The quantitative estimate of drug-likeness (QED) is 0.618. The molecular formula is C21H17N3O5. The number of imide groups is 1. The van der Waals surface area contributed by atoms with Crippen LogP contribution in [-0.2, 0) is 19.1 Å². The maximum atomic E-state index is 12.4. The van der Waals surface area contributed by atoms with E-state index in [-0.39, 0.29) is 41.5 Å². The number of amides is 3. The fourth-order valence-corrected chi connectivity index (χ4v) is 2.84. The number of nitrogens with one attached hydrogen (secondary N) is 1. The third-order valence-corrected chi connectivity index (χ3v) is 4.35. The van der Waals surface area contributed by atoms with E-state index in [2.05, 4.69) is 5.32 Å². The summed E-state index contributed by atoms with van der Waals surface area (Å²) < 4.78 is 5.19. The Morgan fingerprint density at radius 2 is 1.79 bits per heavy atom. The second kappa shape index (κ2) is 8.35. The van der Waals surface area contributed by atoms with Crippen molar-refractivity contribution in [1.82, 2.24) is 0 Å². The number of anilines is 2. The van der Waals surface area contributed by atoms with Gasteiger partial charge in [-0.15, -0.1) is 0 Å². The minimum Gasteiger partial charge on any atom is -0.449 e. The van der Waals surface area contributed by atoms with E-state index in [1.165, 1.54) is 25.1 Å². The predicted molar refractivity (Wildman–Crippen MR) is 103 cm³/mol. The summed E-state index contributed by atoms with van der Waals surface area (Å²) in [5.74, 6) is -2.03. The van der Waals surface area contributed by atoms with Gasteiger partial charge in [0, 0.05) is 12.8 Å². The highest BCUT2D eigenvalue weighted by Crippen LogP contribution is 2.24. The molecule has 2 aromatic rings. The van der Waals surface area contributed by atoms with Crippen molar-refractivity contribution in [3.05, 3.63) is 59.7 Å². The van der Waals surface area contributed by atoms with E-state index in [0.717, 1.165) is 4.90 Å². The molecule has 0 aromatic heterocycles. The van der Waals surface area contributed by atoms with Gasteiger partial charge in [0.1, 0.15) is 6.07 Å². The standard InChI is InChI=1S/C21H17N3O5/c1-13(20(27)23-17-8-3-2-5-15(17)12-22)29-21(28)14-6-4-7-16(11-14)24-18(25)9-10-19(24)26/h2-8,11,13H,9-10H2,1H3,(H,23,27)/t13-/m0/s1. The summed E-state index contributed by atoms with van der Waals surface area (Å²) in [7, 11) is 0. The molecule has 0 unspecified atom stereocenters. The van der Waals surface area contributed by atoms with Crippen molar-refractivity contribution < 1.29 is 23.9 Å². The molecule has 0 bridgehead atoms. The number of rotatable bonds is 5. The van der Waals surface area contributed by atoms with Crippen LogP contribution >= 0.6 is 0 Å². The molecule has 0 radical (unpaired) electrons. The lowest BCUT2D eigenvalue weighted by Crippen LogP contribution is -2.31. The van der Waals surface area contributed by atoms with Crippen LogP contribution in [0, 0.1) is 11.3 Å². The molecule has 8 nitrogen and oxygen atoms in total. The van der Waals surface area contributed by atoms with Crippen molar-refractivity contribution in [3.63, 3.8) is 0 Å². The molecule has 1 aliphatic heterocycles. The number of ether oxygens (including phenoxy) is 1. The maximum Gasteiger partial charge on any atom is 0.338 e. The first kappa shape index (κ1) is 19.8. The molecule has 1 heterocycles. The molecule has 3 amide bonds. The van der Waals surface area contributed by atoms with Gasteiger partial charge >= 0.3 is 5.97 Å². The van der Waals surface area contributed by atoms with Crippen LogP contribution in [0.3, 0.4) is 0 Å². The van der Waals surface area contributed by atoms with Gasteiger partial charge < -0.3 is 10.1 Å². The van der Waals surface area contributed by atoms with Gasteiger partial charge in [-0.05, 0) is 37.3 Å². The molecular weight excluding hydrogens is 374 g/mol. The maximum absolute atomic E-state index is 12.4. The zero-order chi connectivity index (χ0) is 21.0. The summed E-state index contributed by atoms with van der Waals surface area (Å²) in [5, 5.41) is 11.6. The zero-order valence-corrected chi connectivity index (χ0v) is 15.5. The van der Waals surface area contributed by atoms with E-state index >= 15 is 0 Å². The Labute approximate surface area is 166 Å². The van der Waals surface area contributed by atoms with Gasteiger partial charge in [-0.25, -0.2) is 4.79 Å². The van der Waals surface area contributed by atoms with Gasteiger partial charge in [0.15, 0.2) is 6.10 Å². The average Bonchev–Trinajstić information content (AvgIpc) is 3.06. The lowest BCUT2D eigenvalue weighted by molar-refractivity contribution is -0.124. The number of carbonyl (C=O) groups is 4. The summed E-state index contributed by atoms with van der Waals surface area (Å²) in [6, 6.07) is 14.3. The molecule has 0 aliphatic carbocycles. The van der Waals surface area contributed by atoms with Gasteiger partial charge in [-0.2, -0.15) is 5.26 Å². The van der Waals surface area contributed by atoms with E-state index in [1.54, 1.807) is 30.3 Å². The molecule has 0 saturated carbocycles. The number of para-hydroxylation sites is 1. The summed E-state index contributed by atoms with van der Waals surface area (Å²) in [6.07, 6.45) is -0.864. The fourth-order valence-electron chi connectivity index (χ4n) is 2.84. The predicted octanol–water partition coefficient (Wildman–Crippen LogP) is 2.40. The molecule has 1 atom stereocenters. The Kier molecular flexibility index (Phi) is 5.69. The van der Waals surface area contributed by atoms with Gasteiger partial charge in [0.05, 0.1) is 22.5 Å². The normalized spacial score (nSPS) is 14.3. The number of hydrogen-bond acceptors (Lipinski definition) is 6. The smallest absolute Gasteiger partial charge is 0.338 e. The highest BCUT2D eigenvalue weighted by molar-refractivity contribution is 6.20. The van der Waals surface area contributed by atoms with Gasteiger partial charge in [-0.3, -0.25) is 19.3 Å². The third kappa shape index (κ3) is 4.30. The summed E-state index contributed by atoms with van der Waals surface area (Å²) in [4.78, 5) is 49.5. The number of nitriles is 1. The van der Waals surface area contributed by atoms with Crippen LogP contribution in [0.25, 0.3) is 0 Å². The van der Waals surface area contributed by atoms with Gasteiger partial charge in [0.25, 0.3) is 5.91 Å². The first-order valence-corrected chi connectivity index (χ1v) is 8.87. The van der Waals surface area contributed by atoms with Crippen LogP contribution in [0.5, 0.6) is 0 Å². The Bertz CT molecular complexity index is 1020. The van der Waals surface area contributed by atoms with Crippen LogP contribution in [0.15, 0.2) is 48.5 Å². The lowest BCUT2D eigenvalue weighted by atomic mass is 10.2. The highest BCUT2D eigenvalue weighted by Gasteiger charge is 2.30. The number of benzene rings is 2. The van der Waals surface area contributed by atoms with Crippen molar-refractivity contribution >= 4 is 35.1 Å². The largest absolute Gasteiger partial charge is 0.449 e. The first-order chi connectivity index (χ1) is 13.9. The molecule has 3 rings (SSSR count). The number of carbonyl (C=O) groups excluding carboxylic acids is 4. The SMILES string of the molecule is C[C@H](OC(=O)c1cccc(N2C(=O)CCC2=O)c1)C(=O)Nc1ccccc1C#N. The average molecular weight is 391 g/mol. The van der Waals surface area contributed by atoms with Gasteiger partial charge in [-0.1, -0.05) is 18.2 Å². The number of nitrogens with zero attached hydrogens (tertiary/aromatic N) is 2. The lowest BCUT2D eigenvalue weighted by Gasteiger charge is -2.16. The van der Waals surface area contributed by atoms with E-state index in [9.17, 15) is 19.2 Å². The van der Waals surface area contributed by atoms with E-state index in [1.807, 2.05) is 6.07 Å². The molecule has 1 saturated heterocycles. The van der Waals surface area contributed by atoms with Crippen molar-refractivity contribution in [3.8, 4) is 6.07 Å². The molecule has 1 fully saturated rings. The van der Waals surface area contributed by atoms with Crippen molar-refractivity contribution in [1.29, 1.82) is 5.26 Å². The third-order valence-electron chi connectivity index (χ3n) is 4.35. The fraction of sp³-hybridized carbons (Fsp3) is 0.190. The van der Waals surface area contributed by atoms with Crippen LogP contribution in [-0.4, -0.2) is 29.8 Å². The molecule has 29 heavy (non-hydrogen) atoms. The summed E-state index contributed by atoms with van der Waals surface area (Å²) in [5.41, 5.74) is 0.988. The van der Waals surface area contributed by atoms with Crippen LogP contribution in [0.2, 0.25) is 0 Å². The summed E-state index contributed by atoms with van der Waals surface area (Å²) in [6.45, 7) is 1.40. The van der Waals surface area contributed by atoms with Crippen LogP contribution < -0.4 is 10.2 Å². The first-order valence-electron chi connectivity index (χ1n) is 8.87. The molecule has 1 aliphatic rings. The molecule has 1 N–H and O–H groups in total. The highest BCUT2D eigenvalue weighted by atomic mass is 16.5. The minimum atomic E-state index is -1.13. The van der Waals surface area contributed by atoms with E-state index in [4.69, 9.17) is 10.00 Å². The van der Waals surface area contributed by atoms with Gasteiger partial charge in [0.2, 0.25) is 11.8 Å². The monoisotopic (exact) mass is 391 g/mol. The Morgan fingerprint density at radius 1 is 1.10 bits per heavy atom. The second-order valence-corrected chi connectivity index (χ2v) is 6.37. The van der Waals surface area contributed by atoms with Crippen molar-refractivity contribution in [2.24, 2.45) is 0 Å². The molecule has 146 valence electrons. The van der Waals surface area contributed by atoms with E-state index < -0.39 is 18.0 Å². The number of esters is 1. The van der Waals surface area contributed by atoms with Crippen LogP contribution in [0.4, 0.5) is 11.4 Å². The molecule has 8 heteroatoms. The molecule has 2 aromatic carbocycles. The minimum absolute atomic E-state index is 0.104. The van der Waals surface area contributed by atoms with Crippen LogP contribution in [0.1, 0.15) is 35.7 Å². The Morgan fingerprint density at radius 3 is 2.48 bits per heavy atom. The van der Waals surface area contributed by atoms with Crippen molar-refractivity contribution in [2.45, 2.75) is 25.9 Å². The summed E-state index contributed by atoms with van der Waals surface area (Å²) >= 11 is 0. The Hall–Kier alpha value is -3.99. The zero-order valence-electron chi connectivity index (χ0n) is 15.5. The number of hydrogen-bond donors (Lipinski definition) is 1. The van der Waals surface area contributed by atoms with Crippen molar-refractivity contribution in [2.75, 3.05) is 10.2 Å². The molecule has 0 spiro atoms. The second-order valence-electron chi connectivity index (χ2n) is 6.37. The topological polar surface area (TPSA) is 117 Å². The Balaban J connectivity index is 1.69. The van der Waals surface area contributed by atoms with E-state index in [0.29, 0.717) is 5.69 Å².